The second kappa shape index (κ2) is 10.7. The van der Waals surface area contributed by atoms with Crippen molar-refractivity contribution in [2.24, 2.45) is 7.05 Å². The molecule has 4 aromatic rings. The lowest BCUT2D eigenvalue weighted by molar-refractivity contribution is -0.384. The Hall–Kier alpha value is -5.25. The molecule has 10 nitrogen and oxygen atoms in total. The molecule has 0 spiro atoms. The smallest absolute Gasteiger partial charge is 0.270 e. The molecule has 0 radical (unpaired) electrons. The number of hydrogen-bond donors (Lipinski definition) is 2. The van der Waals surface area contributed by atoms with Gasteiger partial charge in [0.1, 0.15) is 0 Å². The van der Waals surface area contributed by atoms with Crippen LogP contribution in [0.1, 0.15) is 36.0 Å². The van der Waals surface area contributed by atoms with Gasteiger partial charge < -0.3 is 20.1 Å². The molecular weight excluding hydrogens is 520 g/mol. The molecule has 1 fully saturated rings. The fraction of sp³-hybridized carbons (Fsp3) is 0.194. The van der Waals surface area contributed by atoms with Crippen molar-refractivity contribution in [3.05, 3.63) is 106 Å². The second-order valence-corrected chi connectivity index (χ2v) is 10.3. The van der Waals surface area contributed by atoms with Gasteiger partial charge in [0, 0.05) is 67.4 Å². The van der Waals surface area contributed by atoms with Crippen LogP contribution in [0.2, 0.25) is 0 Å². The zero-order valence-electron chi connectivity index (χ0n) is 22.5. The van der Waals surface area contributed by atoms with E-state index in [0.29, 0.717) is 35.5 Å². The van der Waals surface area contributed by atoms with Crippen molar-refractivity contribution in [3.8, 4) is 11.3 Å². The molecule has 1 saturated heterocycles. The molecule has 0 saturated carbocycles. The lowest BCUT2D eigenvalue weighted by Gasteiger charge is -2.26. The van der Waals surface area contributed by atoms with Crippen molar-refractivity contribution in [1.29, 1.82) is 0 Å². The zero-order chi connectivity index (χ0) is 28.5. The van der Waals surface area contributed by atoms with E-state index in [1.54, 1.807) is 12.4 Å². The van der Waals surface area contributed by atoms with Gasteiger partial charge in [0.05, 0.1) is 28.2 Å². The molecule has 2 aliphatic heterocycles. The maximum Gasteiger partial charge on any atom is 0.270 e. The molecular formula is C31H28N6O4. The van der Waals surface area contributed by atoms with Crippen LogP contribution in [-0.2, 0) is 23.2 Å². The molecule has 0 bridgehead atoms. The van der Waals surface area contributed by atoms with Crippen molar-refractivity contribution in [2.45, 2.75) is 25.8 Å². The molecule has 3 aromatic carbocycles. The first-order valence-corrected chi connectivity index (χ1v) is 13.4. The van der Waals surface area contributed by atoms with Crippen LogP contribution >= 0.6 is 0 Å². The summed E-state index contributed by atoms with van der Waals surface area (Å²) < 4.78 is 1.88. The molecule has 0 atom stereocenters. The first-order chi connectivity index (χ1) is 19.9. The van der Waals surface area contributed by atoms with Gasteiger partial charge in [-0.1, -0.05) is 36.4 Å². The molecule has 2 aliphatic rings. The molecule has 0 aliphatic carbocycles. The number of anilines is 2. The molecule has 41 heavy (non-hydrogen) atoms. The van der Waals surface area contributed by atoms with E-state index in [0.717, 1.165) is 47.5 Å². The minimum atomic E-state index is -0.471. The van der Waals surface area contributed by atoms with Crippen LogP contribution in [0.5, 0.6) is 0 Å². The highest BCUT2D eigenvalue weighted by atomic mass is 16.6. The van der Waals surface area contributed by atoms with Crippen LogP contribution < -0.4 is 10.6 Å². The van der Waals surface area contributed by atoms with E-state index in [9.17, 15) is 19.7 Å². The van der Waals surface area contributed by atoms with Gasteiger partial charge in [-0.2, -0.15) is 0 Å². The van der Waals surface area contributed by atoms with Gasteiger partial charge in [0.2, 0.25) is 5.91 Å². The quantitative estimate of drug-likeness (QED) is 0.180. The fourth-order valence-electron chi connectivity index (χ4n) is 5.25. The Morgan fingerprint density at radius 1 is 1.05 bits per heavy atom. The number of aryl methyl sites for hydroxylation is 1. The van der Waals surface area contributed by atoms with Gasteiger partial charge in [0.15, 0.2) is 0 Å². The van der Waals surface area contributed by atoms with E-state index in [-0.39, 0.29) is 17.5 Å². The van der Waals surface area contributed by atoms with Crippen molar-refractivity contribution in [2.75, 3.05) is 17.2 Å². The Morgan fingerprint density at radius 2 is 1.83 bits per heavy atom. The summed E-state index contributed by atoms with van der Waals surface area (Å²) in [6, 6.07) is 19.8. The van der Waals surface area contributed by atoms with Crippen molar-refractivity contribution >= 4 is 40.1 Å². The fourth-order valence-corrected chi connectivity index (χ4v) is 5.25. The molecule has 2 N–H and O–H groups in total. The highest BCUT2D eigenvalue weighted by Crippen LogP contribution is 2.39. The third-order valence-electron chi connectivity index (χ3n) is 7.40. The number of carbonyl (C=O) groups excluding carboxylic acids is 2. The Bertz CT molecular complexity index is 1690. The minimum absolute atomic E-state index is 0.0987. The summed E-state index contributed by atoms with van der Waals surface area (Å²) in [6.07, 6.45) is 6.19. The number of non-ortho nitro benzene ring substituents is 1. The number of hydrogen-bond acceptors (Lipinski definition) is 6. The van der Waals surface area contributed by atoms with Gasteiger partial charge in [-0.05, 0) is 42.2 Å². The van der Waals surface area contributed by atoms with Crippen LogP contribution in [0, 0.1) is 10.1 Å². The summed E-state index contributed by atoms with van der Waals surface area (Å²) >= 11 is 0. The van der Waals surface area contributed by atoms with E-state index >= 15 is 0 Å². The molecule has 206 valence electrons. The third-order valence-corrected chi connectivity index (χ3v) is 7.40. The Balaban J connectivity index is 1.38. The average Bonchev–Trinajstić information content (AvgIpc) is 3.55. The number of nitrogens with one attached hydrogen (secondary N) is 2. The number of imidazole rings is 1. The van der Waals surface area contributed by atoms with Crippen LogP contribution in [0.3, 0.4) is 0 Å². The third kappa shape index (κ3) is 5.31. The first-order valence-electron chi connectivity index (χ1n) is 13.4. The summed E-state index contributed by atoms with van der Waals surface area (Å²) in [5, 5.41) is 17.8. The summed E-state index contributed by atoms with van der Waals surface area (Å²) in [6.45, 7) is 1.28. The Labute approximate surface area is 236 Å². The van der Waals surface area contributed by atoms with Crippen molar-refractivity contribution in [3.63, 3.8) is 0 Å². The number of fused-ring (bicyclic) bond motifs is 1. The number of likely N-dealkylation sites (tertiary alicyclic amines) is 1. The standard InChI is InChI=1S/C31H28N6O4/c1-35-18-27(32-19-35)21-9-11-23(12-10-21)33-30(29-25-16-24(37(40)41)13-14-26(25)34-31(29)39)22-7-5-20(6-8-22)17-36-15-3-2-4-28(36)38/h5-14,16,18-19,33H,2-4,15,17H2,1H3,(H,34,39)/b30-29-. The number of aromatic nitrogens is 2. The number of rotatable bonds is 7. The normalized spacial score (nSPS) is 15.9. The predicted octanol–water partition coefficient (Wildman–Crippen LogP) is 5.44. The molecule has 10 heteroatoms. The van der Waals surface area contributed by atoms with Crippen molar-refractivity contribution in [1.82, 2.24) is 14.5 Å². The lowest BCUT2D eigenvalue weighted by atomic mass is 9.98. The van der Waals surface area contributed by atoms with Gasteiger partial charge in [-0.25, -0.2) is 4.98 Å². The van der Waals surface area contributed by atoms with Crippen molar-refractivity contribution < 1.29 is 14.5 Å². The molecule has 3 heterocycles. The highest BCUT2D eigenvalue weighted by molar-refractivity contribution is 6.37. The first kappa shape index (κ1) is 26.0. The number of benzene rings is 3. The number of piperidine rings is 1. The summed E-state index contributed by atoms with van der Waals surface area (Å²) in [7, 11) is 1.91. The number of nitrogens with zero attached hydrogens (tertiary/aromatic N) is 4. The van der Waals surface area contributed by atoms with Gasteiger partial charge in [0.25, 0.3) is 11.6 Å². The van der Waals surface area contributed by atoms with Crippen LogP contribution in [-0.4, -0.2) is 37.7 Å². The largest absolute Gasteiger partial charge is 0.354 e. The van der Waals surface area contributed by atoms with Crippen LogP contribution in [0.4, 0.5) is 17.1 Å². The number of nitro benzene ring substituents is 1. The number of amides is 2. The molecule has 6 rings (SSSR count). The van der Waals surface area contributed by atoms with Gasteiger partial charge in [-0.3, -0.25) is 19.7 Å². The van der Waals surface area contributed by atoms with E-state index in [1.807, 2.05) is 71.2 Å². The Morgan fingerprint density at radius 3 is 2.51 bits per heavy atom. The highest BCUT2D eigenvalue weighted by Gasteiger charge is 2.30. The van der Waals surface area contributed by atoms with E-state index in [4.69, 9.17) is 0 Å². The maximum atomic E-state index is 13.3. The number of nitro groups is 1. The summed E-state index contributed by atoms with van der Waals surface area (Å²) in [5.74, 6) is -0.184. The monoisotopic (exact) mass is 548 g/mol. The van der Waals surface area contributed by atoms with Crippen LogP contribution in [0.25, 0.3) is 22.5 Å². The summed E-state index contributed by atoms with van der Waals surface area (Å²) in [5.41, 5.74) is 5.96. The lowest BCUT2D eigenvalue weighted by Crippen LogP contribution is -2.34. The van der Waals surface area contributed by atoms with E-state index in [1.165, 1.54) is 12.1 Å². The van der Waals surface area contributed by atoms with Gasteiger partial charge in [-0.15, -0.1) is 0 Å². The SMILES string of the molecule is Cn1cnc(-c2ccc(N/C(=C3\C(=O)Nc4ccc([N+](=O)[O-])cc43)c3ccc(CN4CCCCC4=O)cc3)cc2)c1. The number of carbonyl (C=O) groups is 2. The predicted molar refractivity (Wildman–Crippen MR) is 157 cm³/mol. The molecule has 0 unspecified atom stereocenters. The Kier molecular flexibility index (Phi) is 6.80. The summed E-state index contributed by atoms with van der Waals surface area (Å²) in [4.78, 5) is 42.9. The van der Waals surface area contributed by atoms with Crippen LogP contribution in [0.15, 0.2) is 79.3 Å². The van der Waals surface area contributed by atoms with E-state index < -0.39 is 4.92 Å². The topological polar surface area (TPSA) is 122 Å². The molecule has 2 amide bonds. The molecule has 1 aromatic heterocycles. The van der Waals surface area contributed by atoms with Gasteiger partial charge >= 0.3 is 0 Å². The van der Waals surface area contributed by atoms with E-state index in [2.05, 4.69) is 15.6 Å². The zero-order valence-corrected chi connectivity index (χ0v) is 22.5. The maximum absolute atomic E-state index is 13.3. The average molecular weight is 549 g/mol. The minimum Gasteiger partial charge on any atom is -0.354 e. The second-order valence-electron chi connectivity index (χ2n) is 10.3.